The highest BCUT2D eigenvalue weighted by Gasteiger charge is 2.20. The molecule has 1 aromatic rings. The molecule has 1 aliphatic heterocycles. The molecule has 0 unspecified atom stereocenters. The van der Waals surface area contributed by atoms with Crippen LogP contribution in [0, 0.1) is 13.8 Å². The van der Waals surface area contributed by atoms with Gasteiger partial charge in [0.2, 0.25) is 0 Å². The number of hydrogen-bond acceptors (Lipinski definition) is 3. The second kappa shape index (κ2) is 3.33. The molecule has 0 radical (unpaired) electrons. The zero-order valence-corrected chi connectivity index (χ0v) is 8.37. The predicted octanol–water partition coefficient (Wildman–Crippen LogP) is 2.26. The summed E-state index contributed by atoms with van der Waals surface area (Å²) in [5.41, 5.74) is 3.87. The molecule has 1 aromatic carbocycles. The van der Waals surface area contributed by atoms with Crippen molar-refractivity contribution < 1.29 is 9.94 Å². The van der Waals surface area contributed by atoms with E-state index in [9.17, 15) is 0 Å². The third kappa shape index (κ3) is 1.25. The molecule has 2 rings (SSSR count). The average molecular weight is 191 g/mol. The van der Waals surface area contributed by atoms with Crippen LogP contribution in [-0.4, -0.2) is 17.5 Å². The van der Waals surface area contributed by atoms with E-state index in [-0.39, 0.29) is 0 Å². The normalized spacial score (nSPS) is 17.7. The van der Waals surface area contributed by atoms with Gasteiger partial charge in [-0.3, -0.25) is 0 Å². The van der Waals surface area contributed by atoms with Crippen LogP contribution < -0.4 is 4.74 Å². The smallest absolute Gasteiger partial charge is 0.131 e. The predicted molar refractivity (Wildman–Crippen MR) is 54.4 cm³/mol. The molecule has 3 nitrogen and oxygen atoms in total. The van der Waals surface area contributed by atoms with Crippen LogP contribution in [-0.2, 0) is 0 Å². The molecule has 0 saturated heterocycles. The molecule has 1 aliphatic rings. The largest absolute Gasteiger partial charge is 0.492 e. The Labute approximate surface area is 83.0 Å². The lowest BCUT2D eigenvalue weighted by Gasteiger charge is -2.21. The third-order valence-electron chi connectivity index (χ3n) is 2.56. The van der Waals surface area contributed by atoms with E-state index in [1.54, 1.807) is 0 Å². The molecule has 1 heterocycles. The van der Waals surface area contributed by atoms with Gasteiger partial charge in [0.25, 0.3) is 0 Å². The van der Waals surface area contributed by atoms with Crippen LogP contribution in [0.2, 0.25) is 0 Å². The summed E-state index contributed by atoms with van der Waals surface area (Å²) in [7, 11) is 0. The number of aryl methyl sites for hydroxylation is 2. The van der Waals surface area contributed by atoms with Gasteiger partial charge in [0.1, 0.15) is 5.75 Å². The fourth-order valence-electron chi connectivity index (χ4n) is 1.80. The van der Waals surface area contributed by atoms with Crippen LogP contribution in [0.3, 0.4) is 0 Å². The van der Waals surface area contributed by atoms with Crippen molar-refractivity contribution in [2.24, 2.45) is 5.16 Å². The molecule has 74 valence electrons. The number of nitrogens with zero attached hydrogens (tertiary/aromatic N) is 1. The van der Waals surface area contributed by atoms with Crippen molar-refractivity contribution >= 4 is 5.71 Å². The average Bonchev–Trinajstić information content (AvgIpc) is 2.23. The lowest BCUT2D eigenvalue weighted by atomic mass is 9.96. The van der Waals surface area contributed by atoms with Crippen LogP contribution in [0.1, 0.15) is 23.1 Å². The lowest BCUT2D eigenvalue weighted by Crippen LogP contribution is -2.18. The van der Waals surface area contributed by atoms with E-state index in [4.69, 9.17) is 9.94 Å². The first kappa shape index (κ1) is 9.06. The molecule has 0 amide bonds. The molecule has 0 atom stereocenters. The van der Waals surface area contributed by atoms with Crippen LogP contribution in [0.4, 0.5) is 0 Å². The Morgan fingerprint density at radius 1 is 1.29 bits per heavy atom. The Morgan fingerprint density at radius 3 is 2.71 bits per heavy atom. The number of oxime groups is 1. The van der Waals surface area contributed by atoms with Gasteiger partial charge in [0.05, 0.1) is 12.3 Å². The van der Waals surface area contributed by atoms with Crippen molar-refractivity contribution in [3.8, 4) is 5.75 Å². The number of benzene rings is 1. The van der Waals surface area contributed by atoms with E-state index in [2.05, 4.69) is 5.16 Å². The van der Waals surface area contributed by atoms with Gasteiger partial charge < -0.3 is 9.94 Å². The maximum absolute atomic E-state index is 8.89. The molecule has 0 fully saturated rings. The Morgan fingerprint density at radius 2 is 2.00 bits per heavy atom. The van der Waals surface area contributed by atoms with Crippen LogP contribution in [0.15, 0.2) is 17.3 Å². The molecule has 0 saturated carbocycles. The van der Waals surface area contributed by atoms with Gasteiger partial charge in [-0.1, -0.05) is 17.3 Å². The Bertz CT molecular complexity index is 397. The molecule has 1 N–H and O–H groups in total. The quantitative estimate of drug-likeness (QED) is 0.505. The summed E-state index contributed by atoms with van der Waals surface area (Å²) in [5.74, 6) is 0.865. The van der Waals surface area contributed by atoms with Gasteiger partial charge >= 0.3 is 0 Å². The lowest BCUT2D eigenvalue weighted by molar-refractivity contribution is 0.296. The maximum atomic E-state index is 8.89. The second-order valence-electron chi connectivity index (χ2n) is 3.55. The number of rotatable bonds is 0. The zero-order chi connectivity index (χ0) is 10.1. The fourth-order valence-corrected chi connectivity index (χ4v) is 1.80. The van der Waals surface area contributed by atoms with Crippen molar-refractivity contribution in [1.82, 2.24) is 0 Å². The first-order valence-corrected chi connectivity index (χ1v) is 4.68. The maximum Gasteiger partial charge on any atom is 0.131 e. The zero-order valence-electron chi connectivity index (χ0n) is 8.37. The Hall–Kier alpha value is -1.51. The molecular formula is C11H13NO2. The molecule has 0 aliphatic carbocycles. The molecule has 0 bridgehead atoms. The molecule has 14 heavy (non-hydrogen) atoms. The Kier molecular flexibility index (Phi) is 2.15. The molecule has 3 heteroatoms. The van der Waals surface area contributed by atoms with Crippen molar-refractivity contribution in [3.63, 3.8) is 0 Å². The fraction of sp³-hybridized carbons (Fsp3) is 0.364. The standard InChI is InChI=1S/C11H13NO2/c1-7-3-4-8(2)11-10(7)9(12-13)5-6-14-11/h3-4,13H,5-6H2,1-2H3/b12-9+. The van der Waals surface area contributed by atoms with Crippen LogP contribution in [0.25, 0.3) is 0 Å². The van der Waals surface area contributed by atoms with Crippen molar-refractivity contribution in [3.05, 3.63) is 28.8 Å². The minimum atomic E-state index is 0.594. The van der Waals surface area contributed by atoms with Gasteiger partial charge in [-0.25, -0.2) is 0 Å². The van der Waals surface area contributed by atoms with E-state index >= 15 is 0 Å². The van der Waals surface area contributed by atoms with Gasteiger partial charge in [-0.2, -0.15) is 0 Å². The number of fused-ring (bicyclic) bond motifs is 1. The summed E-state index contributed by atoms with van der Waals surface area (Å²) in [4.78, 5) is 0. The highest BCUT2D eigenvalue weighted by Crippen LogP contribution is 2.31. The van der Waals surface area contributed by atoms with E-state index < -0.39 is 0 Å². The topological polar surface area (TPSA) is 41.8 Å². The van der Waals surface area contributed by atoms with Crippen LogP contribution in [0.5, 0.6) is 5.75 Å². The Balaban J connectivity index is 2.67. The monoisotopic (exact) mass is 191 g/mol. The van der Waals surface area contributed by atoms with Crippen molar-refractivity contribution in [2.75, 3.05) is 6.61 Å². The third-order valence-corrected chi connectivity index (χ3v) is 2.56. The van der Waals surface area contributed by atoms with E-state index in [0.717, 1.165) is 28.2 Å². The summed E-state index contributed by atoms with van der Waals surface area (Å²) in [6.45, 7) is 4.59. The minimum absolute atomic E-state index is 0.594. The SMILES string of the molecule is Cc1ccc(C)c2c1OCC/C2=N\O. The summed E-state index contributed by atoms with van der Waals surface area (Å²) in [5, 5.41) is 12.2. The number of ether oxygens (including phenoxy) is 1. The number of hydrogen-bond donors (Lipinski definition) is 1. The minimum Gasteiger partial charge on any atom is -0.492 e. The summed E-state index contributed by atoms with van der Waals surface area (Å²) < 4.78 is 5.58. The van der Waals surface area contributed by atoms with E-state index in [0.29, 0.717) is 13.0 Å². The van der Waals surface area contributed by atoms with Gasteiger partial charge in [0.15, 0.2) is 0 Å². The first-order chi connectivity index (χ1) is 6.74. The van der Waals surface area contributed by atoms with Gasteiger partial charge in [0, 0.05) is 12.0 Å². The van der Waals surface area contributed by atoms with Gasteiger partial charge in [-0.15, -0.1) is 0 Å². The molecule has 0 spiro atoms. The highest BCUT2D eigenvalue weighted by molar-refractivity contribution is 6.04. The molecule has 0 aromatic heterocycles. The summed E-state index contributed by atoms with van der Waals surface area (Å²) in [6, 6.07) is 4.04. The molecular weight excluding hydrogens is 178 g/mol. The van der Waals surface area contributed by atoms with E-state index in [1.807, 2.05) is 26.0 Å². The first-order valence-electron chi connectivity index (χ1n) is 4.68. The summed E-state index contributed by atoms with van der Waals surface area (Å²) >= 11 is 0. The van der Waals surface area contributed by atoms with Gasteiger partial charge in [-0.05, 0) is 25.0 Å². The second-order valence-corrected chi connectivity index (χ2v) is 3.55. The van der Waals surface area contributed by atoms with E-state index in [1.165, 1.54) is 0 Å². The highest BCUT2D eigenvalue weighted by atomic mass is 16.5. The van der Waals surface area contributed by atoms with Crippen LogP contribution >= 0.6 is 0 Å². The van der Waals surface area contributed by atoms with Crippen molar-refractivity contribution in [1.29, 1.82) is 0 Å². The van der Waals surface area contributed by atoms with Crippen molar-refractivity contribution in [2.45, 2.75) is 20.3 Å². The summed E-state index contributed by atoms with van der Waals surface area (Å²) in [6.07, 6.45) is 0.674.